The summed E-state index contributed by atoms with van der Waals surface area (Å²) in [6.45, 7) is -0.364. The van der Waals surface area contributed by atoms with Gasteiger partial charge in [0.25, 0.3) is 0 Å². The lowest BCUT2D eigenvalue weighted by Gasteiger charge is -2.36. The van der Waals surface area contributed by atoms with E-state index in [0.717, 1.165) is 31.4 Å². The van der Waals surface area contributed by atoms with Gasteiger partial charge in [-0.3, -0.25) is 4.79 Å². The Morgan fingerprint density at radius 2 is 1.89 bits per heavy atom. The molecular weight excluding hydrogens is 375 g/mol. The molecule has 150 valence electrons. The highest BCUT2D eigenvalue weighted by Gasteiger charge is 2.35. The molecule has 1 saturated heterocycles. The Hall–Kier alpha value is -1.55. The number of nitrogens with one attached hydrogen (secondary N) is 2. The predicted molar refractivity (Wildman–Crippen MR) is 95.9 cm³/mol. The second-order valence-electron chi connectivity index (χ2n) is 7.14. The zero-order valence-electron chi connectivity index (χ0n) is 14.9. The van der Waals surface area contributed by atoms with Gasteiger partial charge in [-0.25, -0.2) is 17.5 Å². The molecule has 1 aliphatic heterocycles. The molecule has 3 N–H and O–H groups in total. The molecule has 1 saturated carbocycles. The minimum atomic E-state index is -3.86. The second-order valence-corrected chi connectivity index (χ2v) is 8.85. The van der Waals surface area contributed by atoms with Crippen molar-refractivity contribution in [2.75, 3.05) is 6.61 Å². The van der Waals surface area contributed by atoms with Gasteiger partial charge in [-0.15, -0.1) is 0 Å². The Morgan fingerprint density at radius 3 is 2.48 bits per heavy atom. The first-order valence-corrected chi connectivity index (χ1v) is 10.7. The van der Waals surface area contributed by atoms with E-state index < -0.39 is 28.0 Å². The number of carbonyl (C=O) groups excluding carboxylic acids is 1. The zero-order valence-corrected chi connectivity index (χ0v) is 15.8. The number of rotatable bonds is 7. The first kappa shape index (κ1) is 20.2. The Balaban J connectivity index is 1.56. The molecule has 2 aliphatic rings. The van der Waals surface area contributed by atoms with Crippen LogP contribution in [-0.2, 0) is 19.6 Å². The predicted octanol–water partition coefficient (Wildman–Crippen LogP) is 1.07. The van der Waals surface area contributed by atoms with E-state index in [0.29, 0.717) is 12.8 Å². The van der Waals surface area contributed by atoms with Crippen LogP contribution in [0.1, 0.15) is 38.5 Å². The molecule has 1 heterocycles. The Bertz CT molecular complexity index is 752. The van der Waals surface area contributed by atoms with E-state index in [-0.39, 0.29) is 36.0 Å². The van der Waals surface area contributed by atoms with Crippen LogP contribution in [0, 0.1) is 5.82 Å². The first-order valence-electron chi connectivity index (χ1n) is 9.21. The zero-order chi connectivity index (χ0) is 19.4. The maximum Gasteiger partial charge on any atom is 0.240 e. The molecule has 3 rings (SSSR count). The van der Waals surface area contributed by atoms with Crippen molar-refractivity contribution in [1.82, 2.24) is 10.0 Å². The summed E-state index contributed by atoms with van der Waals surface area (Å²) in [6.07, 6.45) is 3.19. The lowest BCUT2D eigenvalue weighted by atomic mass is 9.92. The Morgan fingerprint density at radius 1 is 1.19 bits per heavy atom. The first-order chi connectivity index (χ1) is 12.9. The molecule has 1 aromatic carbocycles. The molecule has 2 fully saturated rings. The van der Waals surface area contributed by atoms with Crippen molar-refractivity contribution in [2.45, 2.75) is 67.7 Å². The third kappa shape index (κ3) is 5.25. The minimum absolute atomic E-state index is 0.0532. The summed E-state index contributed by atoms with van der Waals surface area (Å²) in [5.74, 6) is -0.599. The summed E-state index contributed by atoms with van der Waals surface area (Å²) in [4.78, 5) is 12.0. The number of halogens is 1. The van der Waals surface area contributed by atoms with Gasteiger partial charge in [0, 0.05) is 6.04 Å². The van der Waals surface area contributed by atoms with Crippen molar-refractivity contribution in [3.63, 3.8) is 0 Å². The van der Waals surface area contributed by atoms with E-state index in [9.17, 15) is 22.7 Å². The van der Waals surface area contributed by atoms with Gasteiger partial charge in [0.05, 0.1) is 36.2 Å². The molecule has 27 heavy (non-hydrogen) atoms. The quantitative estimate of drug-likeness (QED) is 0.635. The van der Waals surface area contributed by atoms with Crippen molar-refractivity contribution in [3.8, 4) is 0 Å². The highest BCUT2D eigenvalue weighted by atomic mass is 32.2. The molecule has 0 unspecified atom stereocenters. The van der Waals surface area contributed by atoms with E-state index in [2.05, 4.69) is 10.0 Å². The van der Waals surface area contributed by atoms with Crippen LogP contribution >= 0.6 is 0 Å². The summed E-state index contributed by atoms with van der Waals surface area (Å²) in [7, 11) is -3.86. The number of hydrogen-bond donors (Lipinski definition) is 3. The number of ether oxygens (including phenoxy) is 1. The monoisotopic (exact) mass is 400 g/mol. The van der Waals surface area contributed by atoms with Gasteiger partial charge in [0.1, 0.15) is 5.82 Å². The molecule has 1 amide bonds. The number of carbonyl (C=O) groups is 1. The molecule has 0 spiro atoms. The van der Waals surface area contributed by atoms with Gasteiger partial charge in [-0.1, -0.05) is 0 Å². The largest absolute Gasteiger partial charge is 0.394 e. The van der Waals surface area contributed by atoms with Crippen LogP contribution in [0.5, 0.6) is 0 Å². The van der Waals surface area contributed by atoms with Crippen molar-refractivity contribution in [2.24, 2.45) is 0 Å². The number of benzene rings is 1. The summed E-state index contributed by atoms with van der Waals surface area (Å²) >= 11 is 0. The van der Waals surface area contributed by atoms with E-state index in [4.69, 9.17) is 4.74 Å². The average Bonchev–Trinajstić information content (AvgIpc) is 2.59. The van der Waals surface area contributed by atoms with Crippen LogP contribution in [0.4, 0.5) is 4.39 Å². The molecule has 0 radical (unpaired) electrons. The fraction of sp³-hybridized carbons (Fsp3) is 0.611. The molecule has 0 aromatic heterocycles. The number of sulfonamides is 1. The summed E-state index contributed by atoms with van der Waals surface area (Å²) in [5, 5.41) is 12.5. The molecular formula is C18H25FN2O5S. The molecule has 1 aromatic rings. The van der Waals surface area contributed by atoms with Crippen LogP contribution in [0.2, 0.25) is 0 Å². The fourth-order valence-corrected chi connectivity index (χ4v) is 4.64. The van der Waals surface area contributed by atoms with Crippen molar-refractivity contribution < 1.29 is 27.4 Å². The van der Waals surface area contributed by atoms with Gasteiger partial charge in [-0.2, -0.15) is 0 Å². The summed E-state index contributed by atoms with van der Waals surface area (Å²) in [6, 6.07) is 4.16. The van der Waals surface area contributed by atoms with E-state index in [1.807, 2.05) is 0 Å². The molecule has 0 bridgehead atoms. The van der Waals surface area contributed by atoms with Crippen LogP contribution in [0.15, 0.2) is 29.2 Å². The van der Waals surface area contributed by atoms with Gasteiger partial charge >= 0.3 is 0 Å². The van der Waals surface area contributed by atoms with E-state index in [1.165, 1.54) is 12.1 Å². The lowest BCUT2D eigenvalue weighted by molar-refractivity contribution is -0.131. The molecule has 9 heteroatoms. The molecule has 1 aliphatic carbocycles. The lowest BCUT2D eigenvalue weighted by Crippen LogP contribution is -2.51. The van der Waals surface area contributed by atoms with Crippen molar-refractivity contribution in [3.05, 3.63) is 30.1 Å². The van der Waals surface area contributed by atoms with E-state index in [1.54, 1.807) is 0 Å². The van der Waals surface area contributed by atoms with Crippen LogP contribution in [0.3, 0.4) is 0 Å². The minimum Gasteiger partial charge on any atom is -0.394 e. The smallest absolute Gasteiger partial charge is 0.240 e. The van der Waals surface area contributed by atoms with E-state index >= 15 is 0 Å². The maximum atomic E-state index is 13.0. The number of aliphatic hydroxyl groups excluding tert-OH is 1. The normalized spacial score (nSPS) is 26.4. The SMILES string of the molecule is O=C(C[C@H]1CC[C@@H](NS(=O)(=O)c2ccc(F)cc2)[C@H](CO)O1)NC1CCC1. The van der Waals surface area contributed by atoms with Crippen molar-refractivity contribution in [1.29, 1.82) is 0 Å². The highest BCUT2D eigenvalue weighted by Crippen LogP contribution is 2.24. The van der Waals surface area contributed by atoms with Gasteiger partial charge in [0.2, 0.25) is 15.9 Å². The van der Waals surface area contributed by atoms with Gasteiger partial charge in [-0.05, 0) is 56.4 Å². The Labute approximate surface area is 158 Å². The summed E-state index contributed by atoms with van der Waals surface area (Å²) < 4.78 is 46.2. The maximum absolute atomic E-state index is 13.0. The Kier molecular flexibility index (Phi) is 6.46. The standard InChI is InChI=1S/C18H25FN2O5S/c19-12-4-7-15(8-5-12)27(24,25)21-16-9-6-14(26-17(16)11-22)10-18(23)20-13-2-1-3-13/h4-5,7-8,13-14,16-17,21-22H,1-3,6,9-11H2,(H,20,23)/t14-,16-,17+/m1/s1. The van der Waals surface area contributed by atoms with Gasteiger partial charge in [0.15, 0.2) is 0 Å². The number of amides is 1. The van der Waals surface area contributed by atoms with Crippen LogP contribution in [-0.4, -0.2) is 50.3 Å². The van der Waals surface area contributed by atoms with Crippen LogP contribution in [0.25, 0.3) is 0 Å². The molecule has 3 atom stereocenters. The number of hydrogen-bond acceptors (Lipinski definition) is 5. The highest BCUT2D eigenvalue weighted by molar-refractivity contribution is 7.89. The third-order valence-corrected chi connectivity index (χ3v) is 6.62. The average molecular weight is 400 g/mol. The third-order valence-electron chi connectivity index (χ3n) is 5.11. The molecule has 7 nitrogen and oxygen atoms in total. The summed E-state index contributed by atoms with van der Waals surface area (Å²) in [5.41, 5.74) is 0. The van der Waals surface area contributed by atoms with Crippen molar-refractivity contribution >= 4 is 15.9 Å². The van der Waals surface area contributed by atoms with Gasteiger partial charge < -0.3 is 15.2 Å². The second kappa shape index (κ2) is 8.64. The topological polar surface area (TPSA) is 105 Å². The number of aliphatic hydroxyl groups is 1. The fourth-order valence-electron chi connectivity index (χ4n) is 3.34. The van der Waals surface area contributed by atoms with Crippen LogP contribution < -0.4 is 10.0 Å².